The van der Waals surface area contributed by atoms with Gasteiger partial charge in [0.15, 0.2) is 0 Å². The fraction of sp³-hybridized carbons (Fsp3) is 0.562. The summed E-state index contributed by atoms with van der Waals surface area (Å²) in [6.45, 7) is 7.21. The molecular weight excluding hydrogens is 252 g/mol. The topological polar surface area (TPSA) is 55.6 Å². The Morgan fingerprint density at radius 1 is 1.45 bits per heavy atom. The van der Waals surface area contributed by atoms with Crippen LogP contribution in [-0.4, -0.2) is 41.6 Å². The number of carbonyl (C=O) groups is 1. The molecule has 20 heavy (non-hydrogen) atoms. The van der Waals surface area contributed by atoms with E-state index >= 15 is 0 Å². The number of benzene rings is 1. The van der Waals surface area contributed by atoms with Gasteiger partial charge in [0.2, 0.25) is 5.91 Å². The molecule has 0 radical (unpaired) electrons. The molecular formula is C16H24N2O2. The zero-order valence-corrected chi connectivity index (χ0v) is 12.5. The summed E-state index contributed by atoms with van der Waals surface area (Å²) in [5.74, 6) is 0.0112. The molecule has 0 bridgehead atoms. The van der Waals surface area contributed by atoms with Gasteiger partial charge in [0.25, 0.3) is 0 Å². The highest BCUT2D eigenvalue weighted by molar-refractivity contribution is 5.82. The smallest absolute Gasteiger partial charge is 0.240 e. The van der Waals surface area contributed by atoms with Crippen molar-refractivity contribution in [3.63, 3.8) is 0 Å². The predicted molar refractivity (Wildman–Crippen MR) is 79.3 cm³/mol. The van der Waals surface area contributed by atoms with Crippen LogP contribution in [0, 0.1) is 0 Å². The van der Waals surface area contributed by atoms with E-state index in [0.717, 1.165) is 5.56 Å². The van der Waals surface area contributed by atoms with Crippen LogP contribution in [0.4, 0.5) is 0 Å². The Labute approximate surface area is 120 Å². The molecule has 1 aromatic carbocycles. The Kier molecular flexibility index (Phi) is 4.45. The Morgan fingerprint density at radius 2 is 2.10 bits per heavy atom. The molecule has 1 aromatic rings. The minimum atomic E-state index is -0.488. The summed E-state index contributed by atoms with van der Waals surface area (Å²) in [7, 11) is 0. The number of rotatable bonds is 3. The largest absolute Gasteiger partial charge is 0.369 e. The van der Waals surface area contributed by atoms with Gasteiger partial charge in [-0.05, 0) is 32.8 Å². The van der Waals surface area contributed by atoms with E-state index in [1.54, 1.807) is 0 Å². The van der Waals surface area contributed by atoms with Gasteiger partial charge in [0, 0.05) is 13.1 Å². The van der Waals surface area contributed by atoms with Gasteiger partial charge >= 0.3 is 0 Å². The lowest BCUT2D eigenvalue weighted by Crippen LogP contribution is -2.57. The number of hydrogen-bond acceptors (Lipinski definition) is 3. The fourth-order valence-electron chi connectivity index (χ4n) is 2.81. The molecule has 1 aliphatic rings. The van der Waals surface area contributed by atoms with E-state index in [9.17, 15) is 4.79 Å². The van der Waals surface area contributed by atoms with Gasteiger partial charge in [-0.1, -0.05) is 30.3 Å². The second-order valence-electron chi connectivity index (χ2n) is 6.20. The number of nitrogens with two attached hydrogens (primary N) is 1. The van der Waals surface area contributed by atoms with Gasteiger partial charge in [-0.15, -0.1) is 0 Å². The van der Waals surface area contributed by atoms with E-state index in [2.05, 4.69) is 0 Å². The SMILES string of the molecule is CC1CN(C(=O)C(N)Cc2ccccc2)CC(C)(C)O1. The van der Waals surface area contributed by atoms with Crippen LogP contribution in [0.25, 0.3) is 0 Å². The normalized spacial score (nSPS) is 23.4. The van der Waals surface area contributed by atoms with Crippen LogP contribution in [0.1, 0.15) is 26.3 Å². The quantitative estimate of drug-likeness (QED) is 0.912. The fourth-order valence-corrected chi connectivity index (χ4v) is 2.81. The van der Waals surface area contributed by atoms with Crippen molar-refractivity contribution in [3.8, 4) is 0 Å². The van der Waals surface area contributed by atoms with Crippen LogP contribution in [0.2, 0.25) is 0 Å². The molecule has 1 aliphatic heterocycles. The summed E-state index contributed by atoms with van der Waals surface area (Å²) in [6.07, 6.45) is 0.623. The first-order valence-corrected chi connectivity index (χ1v) is 7.13. The molecule has 0 saturated carbocycles. The minimum absolute atomic E-state index is 0.0112. The van der Waals surface area contributed by atoms with E-state index in [4.69, 9.17) is 10.5 Å². The molecule has 1 amide bonds. The molecule has 0 aromatic heterocycles. The van der Waals surface area contributed by atoms with Crippen molar-refractivity contribution in [2.24, 2.45) is 5.73 Å². The van der Waals surface area contributed by atoms with Gasteiger partial charge in [0.05, 0.1) is 17.7 Å². The number of nitrogens with zero attached hydrogens (tertiary/aromatic N) is 1. The molecule has 1 saturated heterocycles. The van der Waals surface area contributed by atoms with E-state index in [0.29, 0.717) is 19.5 Å². The molecule has 2 atom stereocenters. The number of morpholine rings is 1. The summed E-state index contributed by atoms with van der Waals surface area (Å²) in [5, 5.41) is 0. The van der Waals surface area contributed by atoms with E-state index in [-0.39, 0.29) is 17.6 Å². The highest BCUT2D eigenvalue weighted by Gasteiger charge is 2.35. The van der Waals surface area contributed by atoms with Crippen LogP contribution < -0.4 is 5.73 Å². The number of carbonyl (C=O) groups excluding carboxylic acids is 1. The van der Waals surface area contributed by atoms with Crippen molar-refractivity contribution in [1.82, 2.24) is 4.90 Å². The van der Waals surface area contributed by atoms with Gasteiger partial charge < -0.3 is 15.4 Å². The molecule has 110 valence electrons. The first kappa shape index (κ1) is 15.0. The molecule has 1 fully saturated rings. The summed E-state index contributed by atoms with van der Waals surface area (Å²) in [4.78, 5) is 14.3. The van der Waals surface area contributed by atoms with Gasteiger partial charge in [-0.25, -0.2) is 0 Å². The second-order valence-corrected chi connectivity index (χ2v) is 6.20. The third kappa shape index (κ3) is 3.81. The predicted octanol–water partition coefficient (Wildman–Crippen LogP) is 1.58. The molecule has 0 spiro atoms. The molecule has 0 aliphatic carbocycles. The third-order valence-electron chi connectivity index (χ3n) is 3.50. The maximum Gasteiger partial charge on any atom is 0.240 e. The number of amides is 1. The number of ether oxygens (including phenoxy) is 1. The van der Waals surface area contributed by atoms with Crippen LogP contribution in [0.3, 0.4) is 0 Å². The Balaban J connectivity index is 1.99. The number of hydrogen-bond donors (Lipinski definition) is 1. The van der Waals surface area contributed by atoms with Crippen LogP contribution >= 0.6 is 0 Å². The first-order chi connectivity index (χ1) is 9.37. The summed E-state index contributed by atoms with van der Waals surface area (Å²) in [5.41, 5.74) is 6.87. The van der Waals surface area contributed by atoms with Crippen LogP contribution in [-0.2, 0) is 16.0 Å². The zero-order valence-electron chi connectivity index (χ0n) is 12.5. The molecule has 2 rings (SSSR count). The average molecular weight is 276 g/mol. The second kappa shape index (κ2) is 5.94. The summed E-state index contributed by atoms with van der Waals surface area (Å²) < 4.78 is 5.82. The average Bonchev–Trinajstić information content (AvgIpc) is 2.36. The maximum atomic E-state index is 12.5. The van der Waals surface area contributed by atoms with Gasteiger partial charge in [0.1, 0.15) is 0 Å². The molecule has 4 heteroatoms. The van der Waals surface area contributed by atoms with Crippen molar-refractivity contribution in [2.45, 2.75) is 44.9 Å². The monoisotopic (exact) mass is 276 g/mol. The van der Waals surface area contributed by atoms with Gasteiger partial charge in [-0.3, -0.25) is 4.79 Å². The molecule has 2 N–H and O–H groups in total. The van der Waals surface area contributed by atoms with Crippen molar-refractivity contribution in [1.29, 1.82) is 0 Å². The first-order valence-electron chi connectivity index (χ1n) is 7.13. The van der Waals surface area contributed by atoms with Crippen molar-refractivity contribution in [3.05, 3.63) is 35.9 Å². The van der Waals surface area contributed by atoms with Crippen LogP contribution in [0.5, 0.6) is 0 Å². The minimum Gasteiger partial charge on any atom is -0.369 e. The summed E-state index contributed by atoms with van der Waals surface area (Å²) >= 11 is 0. The van der Waals surface area contributed by atoms with E-state index < -0.39 is 6.04 Å². The Hall–Kier alpha value is -1.39. The molecule has 2 unspecified atom stereocenters. The van der Waals surface area contributed by atoms with Crippen molar-refractivity contribution >= 4 is 5.91 Å². The standard InChI is InChI=1S/C16H24N2O2/c1-12-10-18(11-16(2,3)20-12)15(19)14(17)9-13-7-5-4-6-8-13/h4-8,12,14H,9-11,17H2,1-3H3. The maximum absolute atomic E-state index is 12.5. The summed E-state index contributed by atoms with van der Waals surface area (Å²) in [6, 6.07) is 9.40. The Morgan fingerprint density at radius 3 is 2.70 bits per heavy atom. The van der Waals surface area contributed by atoms with Crippen molar-refractivity contribution < 1.29 is 9.53 Å². The lowest BCUT2D eigenvalue weighted by Gasteiger charge is -2.42. The van der Waals surface area contributed by atoms with Gasteiger partial charge in [-0.2, -0.15) is 0 Å². The third-order valence-corrected chi connectivity index (χ3v) is 3.50. The zero-order chi connectivity index (χ0) is 14.8. The lowest BCUT2D eigenvalue weighted by molar-refractivity contribution is -0.159. The van der Waals surface area contributed by atoms with E-state index in [1.807, 2.05) is 56.0 Å². The molecule has 1 heterocycles. The Bertz CT molecular complexity index is 459. The highest BCUT2D eigenvalue weighted by atomic mass is 16.5. The van der Waals surface area contributed by atoms with Crippen molar-refractivity contribution in [2.75, 3.05) is 13.1 Å². The van der Waals surface area contributed by atoms with E-state index in [1.165, 1.54) is 0 Å². The lowest BCUT2D eigenvalue weighted by atomic mass is 10.0. The van der Waals surface area contributed by atoms with Crippen LogP contribution in [0.15, 0.2) is 30.3 Å². The highest BCUT2D eigenvalue weighted by Crippen LogP contribution is 2.21. The molecule has 4 nitrogen and oxygen atoms in total.